The van der Waals surface area contributed by atoms with Crippen molar-refractivity contribution in [2.45, 2.75) is 76.9 Å². The summed E-state index contributed by atoms with van der Waals surface area (Å²) in [5.74, 6) is 1.53. The normalized spacial score (nSPS) is 29.3. The summed E-state index contributed by atoms with van der Waals surface area (Å²) in [6.07, 6.45) is 8.15. The molecule has 4 rings (SSSR count). The average molecular weight is 305 g/mol. The molecule has 0 amide bonds. The van der Waals surface area contributed by atoms with Gasteiger partial charge in [0.2, 0.25) is 0 Å². The number of hydrogen-bond donors (Lipinski definition) is 1. The van der Waals surface area contributed by atoms with Gasteiger partial charge in [-0.25, -0.2) is 4.98 Å². The summed E-state index contributed by atoms with van der Waals surface area (Å²) in [7, 11) is 0. The fourth-order valence-electron chi connectivity index (χ4n) is 3.86. The molecular formula is C17H27N3S. The van der Waals surface area contributed by atoms with Crippen LogP contribution >= 0.6 is 11.3 Å². The van der Waals surface area contributed by atoms with Crippen LogP contribution in [0.4, 0.5) is 5.13 Å². The Morgan fingerprint density at radius 1 is 1.33 bits per heavy atom. The van der Waals surface area contributed by atoms with E-state index in [0.717, 1.165) is 24.5 Å². The van der Waals surface area contributed by atoms with Gasteiger partial charge < -0.3 is 10.2 Å². The monoisotopic (exact) mass is 305 g/mol. The minimum atomic E-state index is 0.589. The van der Waals surface area contributed by atoms with Crippen molar-refractivity contribution in [3.05, 3.63) is 10.6 Å². The van der Waals surface area contributed by atoms with Crippen LogP contribution in [0.3, 0.4) is 0 Å². The SMILES string of the molecule is CCC(C)c1nc(N2CC3CCC2C3)sc1CNC1CC1. The number of aromatic nitrogens is 1. The Balaban J connectivity index is 1.55. The second kappa shape index (κ2) is 5.54. The number of piperidine rings is 1. The highest BCUT2D eigenvalue weighted by Gasteiger charge is 2.39. The first-order valence-corrected chi connectivity index (χ1v) is 9.55. The summed E-state index contributed by atoms with van der Waals surface area (Å²) in [4.78, 5) is 9.20. The molecule has 1 saturated heterocycles. The predicted molar refractivity (Wildman–Crippen MR) is 89.2 cm³/mol. The van der Waals surface area contributed by atoms with Gasteiger partial charge in [-0.3, -0.25) is 0 Å². The fourth-order valence-corrected chi connectivity index (χ4v) is 5.07. The van der Waals surface area contributed by atoms with Crippen molar-refractivity contribution in [3.63, 3.8) is 0 Å². The van der Waals surface area contributed by atoms with Gasteiger partial charge in [-0.05, 0) is 50.4 Å². The van der Waals surface area contributed by atoms with E-state index >= 15 is 0 Å². The molecular weight excluding hydrogens is 278 g/mol. The van der Waals surface area contributed by atoms with Crippen LogP contribution in [-0.2, 0) is 6.54 Å². The number of anilines is 1. The lowest BCUT2D eigenvalue weighted by Gasteiger charge is -2.26. The summed E-state index contributed by atoms with van der Waals surface area (Å²) in [6.45, 7) is 6.90. The smallest absolute Gasteiger partial charge is 0.186 e. The van der Waals surface area contributed by atoms with E-state index in [1.165, 1.54) is 60.8 Å². The largest absolute Gasteiger partial charge is 0.345 e. The van der Waals surface area contributed by atoms with E-state index < -0.39 is 0 Å². The first kappa shape index (κ1) is 14.0. The van der Waals surface area contributed by atoms with Gasteiger partial charge >= 0.3 is 0 Å². The lowest BCUT2D eigenvalue weighted by molar-refractivity contribution is 0.552. The summed E-state index contributed by atoms with van der Waals surface area (Å²) < 4.78 is 0. The molecule has 2 bridgehead atoms. The molecule has 1 aromatic rings. The summed E-state index contributed by atoms with van der Waals surface area (Å²) in [5, 5.41) is 4.99. The zero-order valence-corrected chi connectivity index (χ0v) is 14.1. The van der Waals surface area contributed by atoms with Gasteiger partial charge in [-0.2, -0.15) is 0 Å². The third kappa shape index (κ3) is 2.72. The minimum Gasteiger partial charge on any atom is -0.345 e. The van der Waals surface area contributed by atoms with Gasteiger partial charge in [0.25, 0.3) is 0 Å². The van der Waals surface area contributed by atoms with Gasteiger partial charge in [-0.1, -0.05) is 13.8 Å². The number of hydrogen-bond acceptors (Lipinski definition) is 4. The van der Waals surface area contributed by atoms with Crippen LogP contribution in [-0.4, -0.2) is 23.6 Å². The van der Waals surface area contributed by atoms with E-state index in [-0.39, 0.29) is 0 Å². The van der Waals surface area contributed by atoms with Crippen LogP contribution in [0.2, 0.25) is 0 Å². The second-order valence-electron chi connectivity index (χ2n) is 7.25. The molecule has 1 N–H and O–H groups in total. The van der Waals surface area contributed by atoms with E-state index in [1.807, 2.05) is 11.3 Å². The van der Waals surface area contributed by atoms with Crippen molar-refractivity contribution < 1.29 is 0 Å². The Labute approximate surface area is 132 Å². The lowest BCUT2D eigenvalue weighted by Crippen LogP contribution is -2.31. The van der Waals surface area contributed by atoms with E-state index in [0.29, 0.717) is 5.92 Å². The van der Waals surface area contributed by atoms with Crippen molar-refractivity contribution in [3.8, 4) is 0 Å². The highest BCUT2D eigenvalue weighted by atomic mass is 32.1. The van der Waals surface area contributed by atoms with Gasteiger partial charge in [-0.15, -0.1) is 11.3 Å². The molecule has 2 aliphatic carbocycles. The van der Waals surface area contributed by atoms with Crippen LogP contribution < -0.4 is 10.2 Å². The maximum Gasteiger partial charge on any atom is 0.186 e. The topological polar surface area (TPSA) is 28.2 Å². The fraction of sp³-hybridized carbons (Fsp3) is 0.824. The number of nitrogens with zero attached hydrogens (tertiary/aromatic N) is 2. The number of nitrogens with one attached hydrogen (secondary N) is 1. The number of thiazole rings is 1. The van der Waals surface area contributed by atoms with Gasteiger partial charge in [0.15, 0.2) is 5.13 Å². The molecule has 21 heavy (non-hydrogen) atoms. The molecule has 0 radical (unpaired) electrons. The summed E-state index contributed by atoms with van der Waals surface area (Å²) >= 11 is 1.96. The van der Waals surface area contributed by atoms with Crippen LogP contribution in [0.15, 0.2) is 0 Å². The molecule has 2 saturated carbocycles. The first-order chi connectivity index (χ1) is 10.2. The Morgan fingerprint density at radius 2 is 2.19 bits per heavy atom. The van der Waals surface area contributed by atoms with E-state index in [9.17, 15) is 0 Å². The van der Waals surface area contributed by atoms with Crippen molar-refractivity contribution >= 4 is 16.5 Å². The van der Waals surface area contributed by atoms with E-state index in [1.54, 1.807) is 0 Å². The maximum atomic E-state index is 5.08. The molecule has 0 aromatic carbocycles. The highest BCUT2D eigenvalue weighted by Crippen LogP contribution is 2.43. The number of fused-ring (bicyclic) bond motifs is 2. The predicted octanol–water partition coefficient (Wildman–Crippen LogP) is 3.90. The third-order valence-electron chi connectivity index (χ3n) is 5.58. The molecule has 3 aliphatic rings. The molecule has 3 unspecified atom stereocenters. The van der Waals surface area contributed by atoms with Crippen molar-refractivity contribution in [2.75, 3.05) is 11.4 Å². The Bertz CT molecular complexity index is 508. The van der Waals surface area contributed by atoms with E-state index in [4.69, 9.17) is 4.98 Å². The number of rotatable bonds is 6. The molecule has 3 nitrogen and oxygen atoms in total. The molecule has 0 spiro atoms. The Morgan fingerprint density at radius 3 is 2.81 bits per heavy atom. The second-order valence-corrected chi connectivity index (χ2v) is 8.32. The Kier molecular flexibility index (Phi) is 3.70. The summed E-state index contributed by atoms with van der Waals surface area (Å²) in [6, 6.07) is 1.57. The van der Waals surface area contributed by atoms with Crippen LogP contribution in [0.1, 0.15) is 68.9 Å². The van der Waals surface area contributed by atoms with Crippen LogP contribution in [0.5, 0.6) is 0 Å². The van der Waals surface area contributed by atoms with Crippen molar-refractivity contribution in [1.82, 2.24) is 10.3 Å². The molecule has 116 valence electrons. The standard InChI is InChI=1S/C17H27N3S/c1-3-11(2)16-15(9-18-13-5-6-13)21-17(19-16)20-10-12-4-7-14(20)8-12/h11-14,18H,3-10H2,1-2H3. The molecule has 3 atom stereocenters. The Hall–Kier alpha value is -0.610. The first-order valence-electron chi connectivity index (χ1n) is 8.74. The minimum absolute atomic E-state index is 0.589. The molecule has 1 aliphatic heterocycles. The van der Waals surface area contributed by atoms with Crippen LogP contribution in [0, 0.1) is 5.92 Å². The van der Waals surface area contributed by atoms with Crippen LogP contribution in [0.25, 0.3) is 0 Å². The summed E-state index contributed by atoms with van der Waals surface area (Å²) in [5.41, 5.74) is 1.37. The van der Waals surface area contributed by atoms with Crippen molar-refractivity contribution in [1.29, 1.82) is 0 Å². The maximum absolute atomic E-state index is 5.08. The van der Waals surface area contributed by atoms with Gasteiger partial charge in [0.05, 0.1) is 5.69 Å². The van der Waals surface area contributed by atoms with Gasteiger partial charge in [0.1, 0.15) is 0 Å². The lowest BCUT2D eigenvalue weighted by atomic mass is 10.0. The quantitative estimate of drug-likeness (QED) is 0.864. The molecule has 3 fully saturated rings. The zero-order valence-electron chi connectivity index (χ0n) is 13.3. The van der Waals surface area contributed by atoms with E-state index in [2.05, 4.69) is 24.1 Å². The molecule has 2 heterocycles. The molecule has 4 heteroatoms. The highest BCUT2D eigenvalue weighted by molar-refractivity contribution is 7.15. The zero-order chi connectivity index (χ0) is 14.4. The van der Waals surface area contributed by atoms with Gasteiger partial charge in [0, 0.05) is 30.1 Å². The van der Waals surface area contributed by atoms with Crippen molar-refractivity contribution in [2.24, 2.45) is 5.92 Å². The average Bonchev–Trinajstić information content (AvgIpc) is 2.91. The third-order valence-corrected chi connectivity index (χ3v) is 6.69. The molecule has 1 aromatic heterocycles.